The predicted octanol–water partition coefficient (Wildman–Crippen LogP) is 3.65. The minimum Gasteiger partial charge on any atom is -0.494 e. The lowest BCUT2D eigenvalue weighted by Crippen LogP contribution is -2.29. The summed E-state index contributed by atoms with van der Waals surface area (Å²) >= 11 is 0. The van der Waals surface area contributed by atoms with Crippen LogP contribution in [-0.4, -0.2) is 39.0 Å². The number of anilines is 3. The van der Waals surface area contributed by atoms with Gasteiger partial charge >= 0.3 is 0 Å². The first-order valence-electron chi connectivity index (χ1n) is 10.4. The van der Waals surface area contributed by atoms with Crippen LogP contribution in [0.3, 0.4) is 0 Å². The summed E-state index contributed by atoms with van der Waals surface area (Å²) in [6.45, 7) is 2.32. The zero-order chi connectivity index (χ0) is 25.3. The van der Waals surface area contributed by atoms with Crippen LogP contribution < -0.4 is 19.7 Å². The first-order valence-corrected chi connectivity index (χ1v) is 12.3. The van der Waals surface area contributed by atoms with Crippen LogP contribution in [0.4, 0.5) is 21.5 Å². The van der Waals surface area contributed by atoms with Crippen molar-refractivity contribution in [3.8, 4) is 5.75 Å². The lowest BCUT2D eigenvalue weighted by atomic mass is 10.1. The van der Waals surface area contributed by atoms with Gasteiger partial charge in [-0.25, -0.2) is 17.7 Å². The molecule has 2 N–H and O–H groups in total. The molecule has 0 aromatic heterocycles. The molecule has 9 nitrogen and oxygen atoms in total. The highest BCUT2D eigenvalue weighted by Crippen LogP contribution is 2.30. The van der Waals surface area contributed by atoms with Crippen molar-refractivity contribution in [3.63, 3.8) is 0 Å². The molecule has 0 unspecified atom stereocenters. The molecule has 1 heterocycles. The molecule has 35 heavy (non-hydrogen) atoms. The van der Waals surface area contributed by atoms with E-state index in [-0.39, 0.29) is 28.1 Å². The number of imide groups is 1. The highest BCUT2D eigenvalue weighted by atomic mass is 32.2. The Kier molecular flexibility index (Phi) is 6.27. The average Bonchev–Trinajstić information content (AvgIpc) is 3.05. The summed E-state index contributed by atoms with van der Waals surface area (Å²) in [6.07, 6.45) is 0.872. The number of rotatable bonds is 7. The Morgan fingerprint density at radius 2 is 1.66 bits per heavy atom. The summed E-state index contributed by atoms with van der Waals surface area (Å²) in [5, 5.41) is 2.53. The largest absolute Gasteiger partial charge is 0.494 e. The van der Waals surface area contributed by atoms with Gasteiger partial charge in [0.05, 0.1) is 35.4 Å². The lowest BCUT2D eigenvalue weighted by molar-refractivity contribution is 0.0925. The maximum Gasteiger partial charge on any atom is 0.266 e. The Morgan fingerprint density at radius 3 is 2.31 bits per heavy atom. The minimum atomic E-state index is -3.73. The van der Waals surface area contributed by atoms with Crippen LogP contribution >= 0.6 is 0 Å². The van der Waals surface area contributed by atoms with E-state index < -0.39 is 33.6 Å². The number of hydrogen-bond acceptors (Lipinski definition) is 6. The van der Waals surface area contributed by atoms with Gasteiger partial charge in [0.15, 0.2) is 0 Å². The number of ether oxygens (including phenoxy) is 1. The van der Waals surface area contributed by atoms with Crippen LogP contribution in [0.25, 0.3) is 0 Å². The topological polar surface area (TPSA) is 122 Å². The molecule has 0 saturated heterocycles. The number of halogens is 1. The molecule has 3 amide bonds. The number of sulfonamides is 1. The van der Waals surface area contributed by atoms with Gasteiger partial charge in [-0.1, -0.05) is 0 Å². The van der Waals surface area contributed by atoms with E-state index in [2.05, 4.69) is 5.32 Å². The van der Waals surface area contributed by atoms with Crippen molar-refractivity contribution in [2.45, 2.75) is 6.92 Å². The van der Waals surface area contributed by atoms with E-state index in [1.165, 1.54) is 24.3 Å². The van der Waals surface area contributed by atoms with Crippen LogP contribution in [0.15, 0.2) is 60.7 Å². The van der Waals surface area contributed by atoms with E-state index in [4.69, 9.17) is 4.74 Å². The second kappa shape index (κ2) is 9.18. The highest BCUT2D eigenvalue weighted by molar-refractivity contribution is 7.92. The van der Waals surface area contributed by atoms with Crippen molar-refractivity contribution < 1.29 is 31.9 Å². The predicted molar refractivity (Wildman–Crippen MR) is 128 cm³/mol. The number of fused-ring (bicyclic) bond motifs is 1. The molecule has 3 aromatic rings. The molecule has 0 aliphatic carbocycles. The molecular weight excluding hydrogens is 477 g/mol. The van der Waals surface area contributed by atoms with E-state index >= 15 is 0 Å². The lowest BCUT2D eigenvalue weighted by Gasteiger charge is -2.14. The van der Waals surface area contributed by atoms with Gasteiger partial charge in [0.25, 0.3) is 17.7 Å². The Balaban J connectivity index is 1.56. The van der Waals surface area contributed by atoms with E-state index in [0.717, 1.165) is 23.3 Å². The van der Waals surface area contributed by atoms with Crippen LogP contribution in [0.5, 0.6) is 5.75 Å². The van der Waals surface area contributed by atoms with Crippen molar-refractivity contribution in [2.24, 2.45) is 0 Å². The molecule has 0 bridgehead atoms. The molecule has 1 aliphatic heterocycles. The van der Waals surface area contributed by atoms with E-state index in [9.17, 15) is 27.2 Å². The van der Waals surface area contributed by atoms with Crippen molar-refractivity contribution in [1.82, 2.24) is 0 Å². The van der Waals surface area contributed by atoms with Gasteiger partial charge in [0.2, 0.25) is 10.0 Å². The monoisotopic (exact) mass is 497 g/mol. The first-order chi connectivity index (χ1) is 16.6. The molecule has 0 atom stereocenters. The Morgan fingerprint density at radius 1 is 0.971 bits per heavy atom. The van der Waals surface area contributed by atoms with Gasteiger partial charge in [-0.15, -0.1) is 0 Å². The number of benzene rings is 3. The van der Waals surface area contributed by atoms with Crippen molar-refractivity contribution in [2.75, 3.05) is 27.8 Å². The smallest absolute Gasteiger partial charge is 0.266 e. The van der Waals surface area contributed by atoms with Crippen LogP contribution in [0.1, 0.15) is 38.0 Å². The number of amides is 3. The number of hydrogen-bond donors (Lipinski definition) is 2. The summed E-state index contributed by atoms with van der Waals surface area (Å²) in [5.74, 6) is -1.95. The number of nitrogens with one attached hydrogen (secondary N) is 2. The molecule has 11 heteroatoms. The first kappa shape index (κ1) is 23.9. The molecule has 0 saturated carbocycles. The van der Waals surface area contributed by atoms with E-state index in [1.807, 2.05) is 11.6 Å². The maximum atomic E-state index is 13.9. The molecule has 0 fully saturated rings. The van der Waals surface area contributed by atoms with Gasteiger partial charge in [0, 0.05) is 11.3 Å². The fourth-order valence-corrected chi connectivity index (χ4v) is 4.11. The Hall–Kier alpha value is -4.25. The summed E-state index contributed by atoms with van der Waals surface area (Å²) in [5.41, 5.74) is 0.465. The summed E-state index contributed by atoms with van der Waals surface area (Å²) in [7, 11) is -3.73. The zero-order valence-corrected chi connectivity index (χ0v) is 19.5. The number of nitrogens with zero attached hydrogens (tertiary/aromatic N) is 1. The van der Waals surface area contributed by atoms with E-state index in [1.54, 1.807) is 24.3 Å². The number of carbonyl (C=O) groups is 3. The molecule has 180 valence electrons. The molecule has 3 aromatic carbocycles. The third kappa shape index (κ3) is 4.99. The summed E-state index contributed by atoms with van der Waals surface area (Å²) in [4.78, 5) is 39.6. The molecule has 4 rings (SSSR count). The van der Waals surface area contributed by atoms with Crippen molar-refractivity contribution >= 4 is 44.8 Å². The van der Waals surface area contributed by atoms with Gasteiger partial charge in [-0.05, 0) is 67.6 Å². The fraction of sp³-hybridized carbons (Fsp3) is 0.125. The second-order valence-electron chi connectivity index (χ2n) is 7.66. The summed E-state index contributed by atoms with van der Waals surface area (Å²) < 4.78 is 44.1. The average molecular weight is 498 g/mol. The number of carbonyl (C=O) groups excluding carboxylic acids is 3. The molecular formula is C24H20FN3O6S. The zero-order valence-electron chi connectivity index (χ0n) is 18.7. The van der Waals surface area contributed by atoms with Crippen LogP contribution in [-0.2, 0) is 10.0 Å². The van der Waals surface area contributed by atoms with Gasteiger partial charge in [0.1, 0.15) is 11.6 Å². The van der Waals surface area contributed by atoms with Crippen molar-refractivity contribution in [3.05, 3.63) is 83.2 Å². The van der Waals surface area contributed by atoms with Crippen LogP contribution in [0, 0.1) is 5.82 Å². The Bertz CT molecular complexity index is 1450. The van der Waals surface area contributed by atoms with Crippen LogP contribution in [0.2, 0.25) is 0 Å². The molecule has 0 spiro atoms. The standard InChI is InChI=1S/C24H20FN3O6S/c1-3-34-17-8-6-16(7-9-17)28-23(30)18-10-4-14(12-19(18)24(28)31)22(29)26-15-5-11-20(25)21(13-15)27-35(2,32)33/h4-13,27H,3H2,1-2H3,(H,26,29). The SMILES string of the molecule is CCOc1ccc(N2C(=O)c3ccc(C(=O)Nc4ccc(F)c(NS(C)(=O)=O)c4)cc3C2=O)cc1. The fourth-order valence-electron chi connectivity index (χ4n) is 3.56. The normalized spacial score (nSPS) is 12.9. The van der Waals surface area contributed by atoms with Gasteiger partial charge < -0.3 is 10.1 Å². The second-order valence-corrected chi connectivity index (χ2v) is 9.40. The third-order valence-corrected chi connectivity index (χ3v) is 5.66. The van der Waals surface area contributed by atoms with E-state index in [0.29, 0.717) is 18.0 Å². The third-order valence-electron chi connectivity index (χ3n) is 5.07. The molecule has 0 radical (unpaired) electrons. The van der Waals surface area contributed by atoms with Gasteiger partial charge in [-0.3, -0.25) is 19.1 Å². The Labute approximate surface area is 200 Å². The maximum absolute atomic E-state index is 13.9. The van der Waals surface area contributed by atoms with Gasteiger partial charge in [-0.2, -0.15) is 0 Å². The highest BCUT2D eigenvalue weighted by Gasteiger charge is 2.37. The molecule has 1 aliphatic rings. The van der Waals surface area contributed by atoms with Crippen molar-refractivity contribution in [1.29, 1.82) is 0 Å². The minimum absolute atomic E-state index is 0.0649. The quantitative estimate of drug-likeness (QED) is 0.481. The summed E-state index contributed by atoms with van der Waals surface area (Å²) in [6, 6.07) is 14.0.